The van der Waals surface area contributed by atoms with E-state index in [0.29, 0.717) is 12.2 Å². The summed E-state index contributed by atoms with van der Waals surface area (Å²) in [5.74, 6) is -2.04. The average molecular weight is 515 g/mol. The van der Waals surface area contributed by atoms with Gasteiger partial charge in [-0.15, -0.1) is 0 Å². The lowest BCUT2D eigenvalue weighted by molar-refractivity contribution is -0.142. The molecular weight excluding hydrogens is 480 g/mol. The molecular formula is C26H34N4O5S. The number of aliphatic carboxylic acids is 1. The molecule has 194 valence electrons. The molecule has 0 aliphatic rings. The second-order valence-electron chi connectivity index (χ2n) is 8.28. The monoisotopic (exact) mass is 514 g/mol. The van der Waals surface area contributed by atoms with E-state index in [4.69, 9.17) is 5.73 Å². The van der Waals surface area contributed by atoms with E-state index in [9.17, 15) is 24.3 Å². The van der Waals surface area contributed by atoms with Crippen LogP contribution in [0, 0.1) is 0 Å². The molecule has 36 heavy (non-hydrogen) atoms. The van der Waals surface area contributed by atoms with Gasteiger partial charge in [0.1, 0.15) is 18.1 Å². The highest BCUT2D eigenvalue weighted by molar-refractivity contribution is 7.98. The van der Waals surface area contributed by atoms with Crippen molar-refractivity contribution in [2.75, 3.05) is 18.6 Å². The molecule has 2 aromatic rings. The van der Waals surface area contributed by atoms with Crippen LogP contribution in [0.4, 0.5) is 0 Å². The molecule has 3 atom stereocenters. The molecule has 6 N–H and O–H groups in total. The predicted molar refractivity (Wildman–Crippen MR) is 140 cm³/mol. The van der Waals surface area contributed by atoms with Crippen LogP contribution in [-0.4, -0.2) is 65.5 Å². The van der Waals surface area contributed by atoms with Crippen molar-refractivity contribution in [3.05, 3.63) is 71.8 Å². The number of thioether (sulfide) groups is 1. The fraction of sp³-hybridized carbons (Fsp3) is 0.385. The van der Waals surface area contributed by atoms with Crippen LogP contribution in [0.15, 0.2) is 60.7 Å². The van der Waals surface area contributed by atoms with E-state index in [-0.39, 0.29) is 31.7 Å². The number of amides is 3. The maximum absolute atomic E-state index is 13.3. The van der Waals surface area contributed by atoms with Crippen LogP contribution in [0.3, 0.4) is 0 Å². The van der Waals surface area contributed by atoms with Crippen LogP contribution >= 0.6 is 11.8 Å². The Balaban J connectivity index is 2.20. The number of carbonyl (C=O) groups excluding carboxylic acids is 3. The summed E-state index contributed by atoms with van der Waals surface area (Å²) in [5, 5.41) is 17.7. The average Bonchev–Trinajstić information content (AvgIpc) is 2.87. The van der Waals surface area contributed by atoms with Crippen LogP contribution in [0.1, 0.15) is 24.0 Å². The number of carboxylic acids is 1. The number of rotatable bonds is 15. The van der Waals surface area contributed by atoms with E-state index in [1.165, 1.54) is 11.8 Å². The fourth-order valence-electron chi connectivity index (χ4n) is 3.56. The van der Waals surface area contributed by atoms with Gasteiger partial charge in [-0.25, -0.2) is 4.79 Å². The maximum atomic E-state index is 13.3. The van der Waals surface area contributed by atoms with Gasteiger partial charge in [0.05, 0.1) is 0 Å². The van der Waals surface area contributed by atoms with Gasteiger partial charge in [0.25, 0.3) is 0 Å². The minimum atomic E-state index is -1.18. The van der Waals surface area contributed by atoms with Crippen LogP contribution < -0.4 is 21.7 Å². The van der Waals surface area contributed by atoms with Crippen molar-refractivity contribution in [3.63, 3.8) is 0 Å². The van der Waals surface area contributed by atoms with Crippen molar-refractivity contribution in [1.29, 1.82) is 0 Å². The third-order valence-corrected chi connectivity index (χ3v) is 6.09. The first-order valence-corrected chi connectivity index (χ1v) is 13.1. The van der Waals surface area contributed by atoms with Gasteiger partial charge < -0.3 is 26.8 Å². The molecule has 0 heterocycles. The standard InChI is InChI=1S/C26H34N4O5S/c1-36-15-13-20(28-23(31)12-14-27)24(32)29-21(16-18-8-4-2-5-9-18)25(33)30-22(26(34)35)17-19-10-6-3-7-11-19/h2-11,20-22H,12-17,27H2,1H3,(H,28,31)(H,29,32)(H,30,33)(H,34,35)/t20-,21-,22-/m0/s1. The second kappa shape index (κ2) is 15.6. The summed E-state index contributed by atoms with van der Waals surface area (Å²) in [6, 6.07) is 15.0. The van der Waals surface area contributed by atoms with E-state index in [0.717, 1.165) is 11.1 Å². The van der Waals surface area contributed by atoms with Crippen molar-refractivity contribution >= 4 is 35.5 Å². The Labute approximate surface area is 215 Å². The lowest BCUT2D eigenvalue weighted by atomic mass is 10.0. The zero-order valence-electron chi connectivity index (χ0n) is 20.3. The van der Waals surface area contributed by atoms with Crippen molar-refractivity contribution in [3.8, 4) is 0 Å². The molecule has 0 radical (unpaired) electrons. The molecule has 0 saturated carbocycles. The first-order valence-electron chi connectivity index (χ1n) is 11.7. The van der Waals surface area contributed by atoms with Gasteiger partial charge in [-0.2, -0.15) is 11.8 Å². The summed E-state index contributed by atoms with van der Waals surface area (Å²) in [4.78, 5) is 50.4. The van der Waals surface area contributed by atoms with E-state index in [1.807, 2.05) is 42.7 Å². The van der Waals surface area contributed by atoms with Gasteiger partial charge in [0.2, 0.25) is 17.7 Å². The molecule has 0 aliphatic heterocycles. The van der Waals surface area contributed by atoms with E-state index >= 15 is 0 Å². The highest BCUT2D eigenvalue weighted by Crippen LogP contribution is 2.08. The predicted octanol–water partition coefficient (Wildman–Crippen LogP) is 1.11. The largest absolute Gasteiger partial charge is 0.480 e. The third kappa shape index (κ3) is 10.1. The van der Waals surface area contributed by atoms with Crippen LogP contribution in [-0.2, 0) is 32.0 Å². The van der Waals surface area contributed by atoms with Crippen LogP contribution in [0.25, 0.3) is 0 Å². The van der Waals surface area contributed by atoms with E-state index in [1.54, 1.807) is 24.3 Å². The Hall–Kier alpha value is -3.37. The molecule has 0 unspecified atom stereocenters. The summed E-state index contributed by atoms with van der Waals surface area (Å²) in [7, 11) is 0. The molecule has 10 heteroatoms. The zero-order valence-corrected chi connectivity index (χ0v) is 21.1. The van der Waals surface area contributed by atoms with E-state index in [2.05, 4.69) is 16.0 Å². The van der Waals surface area contributed by atoms with Gasteiger partial charge in [0.15, 0.2) is 0 Å². The smallest absolute Gasteiger partial charge is 0.326 e. The number of carboxylic acid groups (broad SMARTS) is 1. The summed E-state index contributed by atoms with van der Waals surface area (Å²) >= 11 is 1.53. The van der Waals surface area contributed by atoms with Crippen molar-refractivity contribution in [1.82, 2.24) is 16.0 Å². The Morgan fingerprint density at radius 1 is 0.806 bits per heavy atom. The Morgan fingerprint density at radius 2 is 1.31 bits per heavy atom. The molecule has 0 spiro atoms. The first-order chi connectivity index (χ1) is 17.3. The van der Waals surface area contributed by atoms with E-state index < -0.39 is 35.9 Å². The first kappa shape index (κ1) is 28.9. The molecule has 0 aromatic heterocycles. The Bertz CT molecular complexity index is 990. The SMILES string of the molecule is CSCC[C@H](NC(=O)CCN)C(=O)N[C@@H](Cc1ccccc1)C(=O)N[C@@H](Cc1ccccc1)C(=O)O. The number of hydrogen-bond acceptors (Lipinski definition) is 6. The minimum Gasteiger partial charge on any atom is -0.480 e. The van der Waals surface area contributed by atoms with Gasteiger partial charge in [-0.3, -0.25) is 14.4 Å². The molecule has 2 rings (SSSR count). The molecule has 0 saturated heterocycles. The molecule has 3 amide bonds. The van der Waals surface area contributed by atoms with Gasteiger partial charge >= 0.3 is 5.97 Å². The highest BCUT2D eigenvalue weighted by Gasteiger charge is 2.29. The van der Waals surface area contributed by atoms with Crippen molar-refractivity contribution in [2.45, 2.75) is 43.8 Å². The normalized spacial score (nSPS) is 13.2. The quantitative estimate of drug-likeness (QED) is 0.239. The van der Waals surface area contributed by atoms with Crippen molar-refractivity contribution in [2.24, 2.45) is 5.73 Å². The molecule has 0 fully saturated rings. The summed E-state index contributed by atoms with van der Waals surface area (Å²) in [6.07, 6.45) is 2.59. The number of nitrogens with one attached hydrogen (secondary N) is 3. The number of carbonyl (C=O) groups is 4. The Morgan fingerprint density at radius 3 is 1.81 bits per heavy atom. The summed E-state index contributed by atoms with van der Waals surface area (Å²) in [5.41, 5.74) is 7.00. The lowest BCUT2D eigenvalue weighted by Gasteiger charge is -2.25. The van der Waals surface area contributed by atoms with Crippen LogP contribution in [0.2, 0.25) is 0 Å². The Kier molecular flexibility index (Phi) is 12.5. The van der Waals surface area contributed by atoms with Crippen molar-refractivity contribution < 1.29 is 24.3 Å². The number of benzene rings is 2. The fourth-order valence-corrected chi connectivity index (χ4v) is 4.03. The molecule has 0 bridgehead atoms. The third-order valence-electron chi connectivity index (χ3n) is 5.45. The van der Waals surface area contributed by atoms with Gasteiger partial charge in [-0.1, -0.05) is 60.7 Å². The highest BCUT2D eigenvalue weighted by atomic mass is 32.2. The molecule has 9 nitrogen and oxygen atoms in total. The maximum Gasteiger partial charge on any atom is 0.326 e. The van der Waals surface area contributed by atoms with Gasteiger partial charge in [0, 0.05) is 25.8 Å². The van der Waals surface area contributed by atoms with Crippen LogP contribution in [0.5, 0.6) is 0 Å². The zero-order chi connectivity index (χ0) is 26.3. The molecule has 2 aromatic carbocycles. The van der Waals surface area contributed by atoms with Gasteiger partial charge in [-0.05, 0) is 29.6 Å². The summed E-state index contributed by atoms with van der Waals surface area (Å²) in [6.45, 7) is 0.153. The number of nitrogens with two attached hydrogens (primary N) is 1. The number of hydrogen-bond donors (Lipinski definition) is 5. The topological polar surface area (TPSA) is 151 Å². The minimum absolute atomic E-state index is 0.0801. The summed E-state index contributed by atoms with van der Waals surface area (Å²) < 4.78 is 0. The molecule has 0 aliphatic carbocycles. The lowest BCUT2D eigenvalue weighted by Crippen LogP contribution is -2.56. The second-order valence-corrected chi connectivity index (χ2v) is 9.27.